The van der Waals surface area contributed by atoms with Crippen molar-refractivity contribution in [3.05, 3.63) is 0 Å². The van der Waals surface area contributed by atoms with Crippen molar-refractivity contribution in [3.63, 3.8) is 0 Å². The van der Waals surface area contributed by atoms with Gasteiger partial charge < -0.3 is 15.7 Å². The number of carbonyl (C=O) groups is 2. The summed E-state index contributed by atoms with van der Waals surface area (Å²) in [5.41, 5.74) is 4.59. The van der Waals surface area contributed by atoms with E-state index in [9.17, 15) is 14.7 Å². The Hall–Kier alpha value is -1.10. The third kappa shape index (κ3) is 2.48. The van der Waals surface area contributed by atoms with Crippen molar-refractivity contribution < 1.29 is 14.7 Å². The zero-order valence-electron chi connectivity index (χ0n) is 11.7. The first-order chi connectivity index (χ1) is 8.99. The van der Waals surface area contributed by atoms with Gasteiger partial charge in [0.15, 0.2) is 0 Å². The summed E-state index contributed by atoms with van der Waals surface area (Å²) in [7, 11) is 0. The first-order valence-corrected chi connectivity index (χ1v) is 7.22. The van der Waals surface area contributed by atoms with Gasteiger partial charge in [-0.2, -0.15) is 0 Å². The molecule has 2 fully saturated rings. The predicted molar refractivity (Wildman–Crippen MR) is 71.5 cm³/mol. The molecule has 0 radical (unpaired) electrons. The van der Waals surface area contributed by atoms with Crippen molar-refractivity contribution in [2.75, 3.05) is 19.6 Å². The van der Waals surface area contributed by atoms with E-state index in [0.29, 0.717) is 32.5 Å². The quantitative estimate of drug-likeness (QED) is 0.785. The Morgan fingerprint density at radius 3 is 2.42 bits per heavy atom. The summed E-state index contributed by atoms with van der Waals surface area (Å²) in [6.07, 6.45) is 4.63. The summed E-state index contributed by atoms with van der Waals surface area (Å²) in [5.74, 6) is -0.680. The number of aliphatic carboxylic acids is 1. The van der Waals surface area contributed by atoms with E-state index in [1.807, 2.05) is 6.92 Å². The molecule has 0 aromatic carbocycles. The predicted octanol–water partition coefficient (Wildman–Crippen LogP) is 1.22. The van der Waals surface area contributed by atoms with Crippen LogP contribution in [0.3, 0.4) is 0 Å². The van der Waals surface area contributed by atoms with Gasteiger partial charge in [0.05, 0.1) is 10.8 Å². The minimum absolute atomic E-state index is 0.0800. The molecule has 1 aliphatic heterocycles. The molecule has 0 aromatic rings. The van der Waals surface area contributed by atoms with Crippen LogP contribution in [-0.2, 0) is 9.59 Å². The topological polar surface area (TPSA) is 83.6 Å². The highest BCUT2D eigenvalue weighted by atomic mass is 16.4. The van der Waals surface area contributed by atoms with E-state index in [1.165, 1.54) is 0 Å². The summed E-state index contributed by atoms with van der Waals surface area (Å²) < 4.78 is 0. The van der Waals surface area contributed by atoms with Gasteiger partial charge in [-0.15, -0.1) is 0 Å². The monoisotopic (exact) mass is 268 g/mol. The molecule has 2 aliphatic rings. The maximum absolute atomic E-state index is 12.5. The van der Waals surface area contributed by atoms with Crippen LogP contribution in [0.15, 0.2) is 0 Å². The minimum Gasteiger partial charge on any atom is -0.481 e. The Balaban J connectivity index is 2.11. The number of hydrogen-bond acceptors (Lipinski definition) is 3. The molecular weight excluding hydrogens is 244 g/mol. The Kier molecular flexibility index (Phi) is 3.85. The van der Waals surface area contributed by atoms with Crippen LogP contribution in [0.1, 0.15) is 45.4 Å². The molecule has 1 unspecified atom stereocenters. The average Bonchev–Trinajstić information content (AvgIpc) is 3.19. The Labute approximate surface area is 114 Å². The number of hydrogen-bond donors (Lipinski definition) is 2. The van der Waals surface area contributed by atoms with Crippen LogP contribution in [0.2, 0.25) is 0 Å². The molecule has 1 heterocycles. The molecule has 5 nitrogen and oxygen atoms in total. The fourth-order valence-electron chi connectivity index (χ4n) is 3.26. The van der Waals surface area contributed by atoms with E-state index >= 15 is 0 Å². The lowest BCUT2D eigenvalue weighted by Gasteiger charge is -2.41. The van der Waals surface area contributed by atoms with Crippen LogP contribution in [0, 0.1) is 10.8 Å². The van der Waals surface area contributed by atoms with Gasteiger partial charge >= 0.3 is 5.97 Å². The summed E-state index contributed by atoms with van der Waals surface area (Å²) in [6, 6.07) is 0. The molecule has 1 saturated heterocycles. The Morgan fingerprint density at radius 2 is 1.95 bits per heavy atom. The van der Waals surface area contributed by atoms with Gasteiger partial charge in [-0.25, -0.2) is 0 Å². The standard InChI is InChI=1S/C14H24N2O3/c1-2-4-14(12(18)19)5-3-8-16(10-14)11(17)13(9-15)6-7-13/h2-10,15H2,1H3,(H,18,19). The van der Waals surface area contributed by atoms with E-state index in [0.717, 1.165) is 25.7 Å². The molecular formula is C14H24N2O3. The Morgan fingerprint density at radius 1 is 1.26 bits per heavy atom. The molecule has 1 atom stereocenters. The van der Waals surface area contributed by atoms with Crippen LogP contribution in [0.25, 0.3) is 0 Å². The third-order valence-corrected chi connectivity index (χ3v) is 4.74. The van der Waals surface area contributed by atoms with Crippen molar-refractivity contribution >= 4 is 11.9 Å². The van der Waals surface area contributed by atoms with Crippen LogP contribution in [0.4, 0.5) is 0 Å². The molecule has 0 bridgehead atoms. The number of nitrogens with zero attached hydrogens (tertiary/aromatic N) is 1. The second-order valence-electron chi connectivity index (χ2n) is 6.15. The van der Waals surface area contributed by atoms with Crippen LogP contribution in [0.5, 0.6) is 0 Å². The van der Waals surface area contributed by atoms with E-state index in [2.05, 4.69) is 0 Å². The second-order valence-corrected chi connectivity index (χ2v) is 6.15. The van der Waals surface area contributed by atoms with Gasteiger partial charge in [0, 0.05) is 19.6 Å². The van der Waals surface area contributed by atoms with Crippen molar-refractivity contribution in [1.29, 1.82) is 0 Å². The van der Waals surface area contributed by atoms with Crippen LogP contribution < -0.4 is 5.73 Å². The largest absolute Gasteiger partial charge is 0.481 e. The van der Waals surface area contributed by atoms with E-state index in [1.54, 1.807) is 4.90 Å². The lowest BCUT2D eigenvalue weighted by Crippen LogP contribution is -2.52. The molecule has 1 amide bonds. The SMILES string of the molecule is CCCC1(C(=O)O)CCCN(C(=O)C2(CN)CC2)C1. The minimum atomic E-state index is -0.760. The first-order valence-electron chi connectivity index (χ1n) is 7.22. The maximum atomic E-state index is 12.5. The first kappa shape index (κ1) is 14.3. The van der Waals surface area contributed by atoms with Crippen LogP contribution >= 0.6 is 0 Å². The van der Waals surface area contributed by atoms with E-state index < -0.39 is 11.4 Å². The summed E-state index contributed by atoms with van der Waals surface area (Å²) >= 11 is 0. The van der Waals surface area contributed by atoms with Gasteiger partial charge in [0.25, 0.3) is 0 Å². The number of rotatable bonds is 5. The number of carboxylic acids is 1. The van der Waals surface area contributed by atoms with Crippen molar-refractivity contribution in [2.24, 2.45) is 16.6 Å². The number of piperidine rings is 1. The maximum Gasteiger partial charge on any atom is 0.311 e. The normalized spacial score (nSPS) is 29.1. The number of likely N-dealkylation sites (tertiary alicyclic amines) is 1. The van der Waals surface area contributed by atoms with Gasteiger partial charge in [0.1, 0.15) is 0 Å². The van der Waals surface area contributed by atoms with Gasteiger partial charge in [-0.1, -0.05) is 13.3 Å². The molecule has 0 spiro atoms. The summed E-state index contributed by atoms with van der Waals surface area (Å²) in [4.78, 5) is 25.8. The molecule has 19 heavy (non-hydrogen) atoms. The van der Waals surface area contributed by atoms with E-state index in [4.69, 9.17) is 5.73 Å². The second kappa shape index (κ2) is 5.12. The van der Waals surface area contributed by atoms with Crippen molar-refractivity contribution in [1.82, 2.24) is 4.90 Å². The lowest BCUT2D eigenvalue weighted by molar-refractivity contribution is -0.156. The molecule has 1 aliphatic carbocycles. The van der Waals surface area contributed by atoms with Crippen LogP contribution in [-0.4, -0.2) is 41.5 Å². The number of nitrogens with two attached hydrogens (primary N) is 1. The Bertz CT molecular complexity index is 375. The molecule has 1 saturated carbocycles. The number of amides is 1. The smallest absolute Gasteiger partial charge is 0.311 e. The summed E-state index contributed by atoms with van der Waals surface area (Å²) in [5, 5.41) is 9.53. The highest BCUT2D eigenvalue weighted by molar-refractivity contribution is 5.86. The molecule has 3 N–H and O–H groups in total. The molecule has 108 valence electrons. The average molecular weight is 268 g/mol. The fourth-order valence-corrected chi connectivity index (χ4v) is 3.26. The molecule has 0 aromatic heterocycles. The number of carbonyl (C=O) groups excluding carboxylic acids is 1. The fraction of sp³-hybridized carbons (Fsp3) is 0.857. The van der Waals surface area contributed by atoms with Crippen molar-refractivity contribution in [3.8, 4) is 0 Å². The number of carboxylic acid groups (broad SMARTS) is 1. The van der Waals surface area contributed by atoms with Crippen molar-refractivity contribution in [2.45, 2.75) is 45.4 Å². The van der Waals surface area contributed by atoms with Gasteiger partial charge in [0.2, 0.25) is 5.91 Å². The van der Waals surface area contributed by atoms with E-state index in [-0.39, 0.29) is 11.3 Å². The third-order valence-electron chi connectivity index (χ3n) is 4.74. The summed E-state index contributed by atoms with van der Waals surface area (Å²) in [6.45, 7) is 3.42. The molecule has 2 rings (SSSR count). The zero-order chi connectivity index (χ0) is 14.1. The lowest BCUT2D eigenvalue weighted by atomic mass is 9.76. The van der Waals surface area contributed by atoms with Gasteiger partial charge in [-0.3, -0.25) is 9.59 Å². The molecule has 5 heteroatoms. The van der Waals surface area contributed by atoms with Gasteiger partial charge in [-0.05, 0) is 32.1 Å². The zero-order valence-corrected chi connectivity index (χ0v) is 11.7. The highest BCUT2D eigenvalue weighted by Gasteiger charge is 2.53. The highest BCUT2D eigenvalue weighted by Crippen LogP contribution is 2.47.